The van der Waals surface area contributed by atoms with Gasteiger partial charge in [-0.05, 0) is 36.0 Å². The Hall–Kier alpha value is -2.32. The van der Waals surface area contributed by atoms with E-state index in [2.05, 4.69) is 19.5 Å². The first-order chi connectivity index (χ1) is 10.1. The summed E-state index contributed by atoms with van der Waals surface area (Å²) in [5.41, 5.74) is 3.37. The molecule has 3 rings (SSSR count). The minimum atomic E-state index is -0.248. The molecule has 0 spiro atoms. The summed E-state index contributed by atoms with van der Waals surface area (Å²) < 4.78 is 0. The van der Waals surface area contributed by atoms with E-state index in [9.17, 15) is 9.59 Å². The van der Waals surface area contributed by atoms with Gasteiger partial charge in [0.15, 0.2) is 5.78 Å². The van der Waals surface area contributed by atoms with Crippen molar-refractivity contribution in [2.24, 2.45) is 0 Å². The Bertz CT molecular complexity index is 797. The van der Waals surface area contributed by atoms with E-state index in [0.717, 1.165) is 22.1 Å². The Kier molecular flexibility index (Phi) is 3.40. The number of carbonyl (C=O) groups is 2. The van der Waals surface area contributed by atoms with Crippen LogP contribution in [0.25, 0.3) is 5.57 Å². The van der Waals surface area contributed by atoms with Crippen LogP contribution in [-0.4, -0.2) is 16.7 Å². The van der Waals surface area contributed by atoms with Crippen molar-refractivity contribution in [3.05, 3.63) is 59.4 Å². The van der Waals surface area contributed by atoms with E-state index in [0.29, 0.717) is 11.1 Å². The van der Waals surface area contributed by atoms with Crippen molar-refractivity contribution in [3.8, 4) is 0 Å². The van der Waals surface area contributed by atoms with E-state index in [1.165, 1.54) is 12.3 Å². The van der Waals surface area contributed by atoms with Crippen LogP contribution in [0.15, 0.2) is 42.7 Å². The maximum absolute atomic E-state index is 12.3. The van der Waals surface area contributed by atoms with Crippen LogP contribution in [0.2, 0.25) is 0 Å². The molecule has 1 aromatic carbocycles. The standard InChI is InChI=1S/C16H13N2O2P/c1-9-3-2-4-13-15(9)12(16(20)18-13)6-14(19)10-5-11(21)8-17-7-10/h2-8H,21H2,1H3,(H,18,20)/b12-6+. The first-order valence-electron chi connectivity index (χ1n) is 6.44. The number of ketones is 1. The number of rotatable bonds is 2. The van der Waals surface area contributed by atoms with Gasteiger partial charge in [-0.15, -0.1) is 9.24 Å². The Morgan fingerprint density at radius 1 is 1.33 bits per heavy atom. The van der Waals surface area contributed by atoms with Gasteiger partial charge in [0.2, 0.25) is 0 Å². The number of anilines is 1. The summed E-state index contributed by atoms with van der Waals surface area (Å²) in [5, 5.41) is 3.60. The molecule has 1 atom stereocenters. The molecular formula is C16H13N2O2P. The SMILES string of the molecule is Cc1cccc2c1/C(=C\C(=O)c1cncc(P)c1)C(=O)N2. The molecule has 1 aliphatic heterocycles. The first-order valence-corrected chi connectivity index (χ1v) is 7.02. The van der Waals surface area contributed by atoms with Crippen LogP contribution in [0.5, 0.6) is 0 Å². The minimum Gasteiger partial charge on any atom is -0.321 e. The summed E-state index contributed by atoms with van der Waals surface area (Å²) in [6, 6.07) is 7.35. The quantitative estimate of drug-likeness (QED) is 0.524. The maximum atomic E-state index is 12.3. The molecule has 5 heteroatoms. The number of allylic oxidation sites excluding steroid dienone is 1. The smallest absolute Gasteiger partial charge is 0.256 e. The van der Waals surface area contributed by atoms with Crippen LogP contribution in [0.1, 0.15) is 21.5 Å². The third-order valence-corrected chi connectivity index (χ3v) is 3.67. The number of carbonyl (C=O) groups excluding carboxylic acids is 2. The van der Waals surface area contributed by atoms with Crippen molar-refractivity contribution < 1.29 is 9.59 Å². The maximum Gasteiger partial charge on any atom is 0.256 e. The Morgan fingerprint density at radius 2 is 2.14 bits per heavy atom. The van der Waals surface area contributed by atoms with E-state index < -0.39 is 0 Å². The molecule has 0 fully saturated rings. The lowest BCUT2D eigenvalue weighted by Crippen LogP contribution is -2.07. The molecule has 0 aliphatic carbocycles. The second-order valence-corrected chi connectivity index (χ2v) is 5.55. The molecule has 104 valence electrons. The summed E-state index contributed by atoms with van der Waals surface area (Å²) >= 11 is 0. The van der Waals surface area contributed by atoms with Gasteiger partial charge >= 0.3 is 0 Å². The van der Waals surface area contributed by atoms with Gasteiger partial charge in [0.05, 0.1) is 5.57 Å². The van der Waals surface area contributed by atoms with Crippen molar-refractivity contribution in [3.63, 3.8) is 0 Å². The fourth-order valence-electron chi connectivity index (χ4n) is 2.38. The summed E-state index contributed by atoms with van der Waals surface area (Å²) in [7, 11) is 2.50. The average Bonchev–Trinajstić information content (AvgIpc) is 2.76. The highest BCUT2D eigenvalue weighted by atomic mass is 31.0. The van der Waals surface area contributed by atoms with Gasteiger partial charge in [0.1, 0.15) is 0 Å². The third-order valence-electron chi connectivity index (χ3n) is 3.35. The molecule has 0 saturated carbocycles. The van der Waals surface area contributed by atoms with Crippen molar-refractivity contribution in [1.29, 1.82) is 0 Å². The highest BCUT2D eigenvalue weighted by molar-refractivity contribution is 7.27. The van der Waals surface area contributed by atoms with Gasteiger partial charge in [0.25, 0.3) is 5.91 Å². The van der Waals surface area contributed by atoms with Crippen molar-refractivity contribution in [2.45, 2.75) is 6.92 Å². The fourth-order valence-corrected chi connectivity index (χ4v) is 2.64. The highest BCUT2D eigenvalue weighted by Gasteiger charge is 2.26. The average molecular weight is 296 g/mol. The van der Waals surface area contributed by atoms with Gasteiger partial charge in [-0.2, -0.15) is 0 Å². The summed E-state index contributed by atoms with van der Waals surface area (Å²) in [6.07, 6.45) is 4.53. The molecule has 2 heterocycles. The molecule has 21 heavy (non-hydrogen) atoms. The van der Waals surface area contributed by atoms with Gasteiger partial charge in [0, 0.05) is 29.2 Å². The van der Waals surface area contributed by atoms with Gasteiger partial charge < -0.3 is 5.32 Å². The predicted molar refractivity (Wildman–Crippen MR) is 85.7 cm³/mol. The monoisotopic (exact) mass is 296 g/mol. The van der Waals surface area contributed by atoms with E-state index in [1.807, 2.05) is 25.1 Å². The molecular weight excluding hydrogens is 283 g/mol. The lowest BCUT2D eigenvalue weighted by atomic mass is 9.99. The number of aryl methyl sites for hydroxylation is 1. The summed E-state index contributed by atoms with van der Waals surface area (Å²) in [6.45, 7) is 1.92. The number of nitrogens with zero attached hydrogens (tertiary/aromatic N) is 1. The van der Waals surface area contributed by atoms with Crippen LogP contribution in [0.4, 0.5) is 5.69 Å². The van der Waals surface area contributed by atoms with Crippen molar-refractivity contribution in [1.82, 2.24) is 4.98 Å². The number of nitrogens with one attached hydrogen (secondary N) is 1. The lowest BCUT2D eigenvalue weighted by molar-refractivity contribution is -0.110. The first kappa shape index (κ1) is 13.7. The molecule has 0 saturated heterocycles. The fraction of sp³-hybridized carbons (Fsp3) is 0.0625. The van der Waals surface area contributed by atoms with Crippen LogP contribution < -0.4 is 10.6 Å². The largest absolute Gasteiger partial charge is 0.321 e. The number of hydrogen-bond acceptors (Lipinski definition) is 3. The predicted octanol–water partition coefficient (Wildman–Crippen LogP) is 2.11. The molecule has 2 aromatic rings. The second-order valence-electron chi connectivity index (χ2n) is 4.88. The third kappa shape index (κ3) is 2.50. The minimum absolute atomic E-state index is 0.229. The highest BCUT2D eigenvalue weighted by Crippen LogP contribution is 2.34. The molecule has 1 aromatic heterocycles. The number of amides is 1. The van der Waals surface area contributed by atoms with Crippen molar-refractivity contribution >= 4 is 37.5 Å². The Balaban J connectivity index is 2.05. The van der Waals surface area contributed by atoms with Gasteiger partial charge in [-0.1, -0.05) is 12.1 Å². The number of fused-ring (bicyclic) bond motifs is 1. The van der Waals surface area contributed by atoms with Crippen LogP contribution in [0.3, 0.4) is 0 Å². The molecule has 1 unspecified atom stereocenters. The van der Waals surface area contributed by atoms with Gasteiger partial charge in [-0.3, -0.25) is 14.6 Å². The van der Waals surface area contributed by atoms with E-state index in [4.69, 9.17) is 0 Å². The zero-order valence-electron chi connectivity index (χ0n) is 11.4. The van der Waals surface area contributed by atoms with E-state index in [1.54, 1.807) is 12.3 Å². The Morgan fingerprint density at radius 3 is 2.90 bits per heavy atom. The van der Waals surface area contributed by atoms with Crippen LogP contribution in [0, 0.1) is 6.92 Å². The zero-order valence-corrected chi connectivity index (χ0v) is 12.5. The lowest BCUT2D eigenvalue weighted by Gasteiger charge is -2.03. The number of benzene rings is 1. The summed E-state index contributed by atoms with van der Waals surface area (Å²) in [5.74, 6) is -0.476. The topological polar surface area (TPSA) is 59.1 Å². The molecule has 4 nitrogen and oxygen atoms in total. The number of pyridine rings is 1. The van der Waals surface area contributed by atoms with Crippen LogP contribution in [-0.2, 0) is 4.79 Å². The molecule has 0 bridgehead atoms. The van der Waals surface area contributed by atoms with Gasteiger partial charge in [-0.25, -0.2) is 0 Å². The van der Waals surface area contributed by atoms with E-state index >= 15 is 0 Å². The molecule has 1 amide bonds. The van der Waals surface area contributed by atoms with E-state index in [-0.39, 0.29) is 11.7 Å². The molecule has 1 aliphatic rings. The zero-order chi connectivity index (χ0) is 15.0. The normalized spacial score (nSPS) is 15.0. The number of aromatic nitrogens is 1. The number of hydrogen-bond donors (Lipinski definition) is 1. The van der Waals surface area contributed by atoms with Crippen molar-refractivity contribution in [2.75, 3.05) is 5.32 Å². The molecule has 1 N–H and O–H groups in total. The van der Waals surface area contributed by atoms with Crippen LogP contribution >= 0.6 is 9.24 Å². The summed E-state index contributed by atoms with van der Waals surface area (Å²) in [4.78, 5) is 28.4. The molecule has 0 radical (unpaired) electrons. The Labute approximate surface area is 124 Å². The second kappa shape index (κ2) is 5.23.